The minimum absolute atomic E-state index is 0.0739. The number of fused-ring (bicyclic) bond motifs is 1. The van der Waals surface area contributed by atoms with E-state index < -0.39 is 0 Å². The van der Waals surface area contributed by atoms with Crippen LogP contribution in [0.4, 0.5) is 0 Å². The van der Waals surface area contributed by atoms with E-state index in [0.717, 1.165) is 24.3 Å². The van der Waals surface area contributed by atoms with Crippen LogP contribution in [0.25, 0.3) is 5.65 Å². The number of piperidine rings is 1. The van der Waals surface area contributed by atoms with Crippen molar-refractivity contribution in [3.05, 3.63) is 75.8 Å². The number of carbonyl (C=O) groups excluding carboxylic acids is 1. The van der Waals surface area contributed by atoms with Gasteiger partial charge in [0.2, 0.25) is 0 Å². The lowest BCUT2D eigenvalue weighted by atomic mass is 10.1. The van der Waals surface area contributed by atoms with E-state index in [1.165, 1.54) is 16.2 Å². The normalized spacial score (nSPS) is 15.0. The van der Waals surface area contributed by atoms with E-state index in [4.69, 9.17) is 4.74 Å². The van der Waals surface area contributed by atoms with Gasteiger partial charge in [-0.2, -0.15) is 0 Å². The SMILES string of the molecule is Cc1ccc(OC2CCN(C(=O)c3cnc4cccc(C)n4c3=O)CC2)cc1. The summed E-state index contributed by atoms with van der Waals surface area (Å²) in [4.78, 5) is 31.7. The Balaban J connectivity index is 1.46. The van der Waals surface area contributed by atoms with Gasteiger partial charge < -0.3 is 9.64 Å². The first-order valence-corrected chi connectivity index (χ1v) is 9.53. The van der Waals surface area contributed by atoms with E-state index in [1.807, 2.05) is 50.2 Å². The van der Waals surface area contributed by atoms with E-state index in [2.05, 4.69) is 4.98 Å². The number of amides is 1. The summed E-state index contributed by atoms with van der Waals surface area (Å²) in [6.07, 6.45) is 2.95. The first kappa shape index (κ1) is 18.2. The van der Waals surface area contributed by atoms with Gasteiger partial charge in [0.25, 0.3) is 11.5 Å². The van der Waals surface area contributed by atoms with Gasteiger partial charge in [-0.25, -0.2) is 4.98 Å². The summed E-state index contributed by atoms with van der Waals surface area (Å²) in [6.45, 7) is 4.99. The molecule has 1 saturated heterocycles. The third-order valence-electron chi connectivity index (χ3n) is 5.21. The fraction of sp³-hybridized carbons (Fsp3) is 0.318. The number of aromatic nitrogens is 2. The van der Waals surface area contributed by atoms with Crippen LogP contribution < -0.4 is 10.3 Å². The van der Waals surface area contributed by atoms with Gasteiger partial charge in [-0.3, -0.25) is 14.0 Å². The molecule has 4 rings (SSSR count). The van der Waals surface area contributed by atoms with Crippen molar-refractivity contribution < 1.29 is 9.53 Å². The number of rotatable bonds is 3. The molecule has 0 unspecified atom stereocenters. The van der Waals surface area contributed by atoms with Gasteiger partial charge in [0.1, 0.15) is 23.1 Å². The van der Waals surface area contributed by atoms with Crippen molar-refractivity contribution in [1.82, 2.24) is 14.3 Å². The number of hydrogen-bond acceptors (Lipinski definition) is 4. The monoisotopic (exact) mass is 377 g/mol. The average Bonchev–Trinajstić information content (AvgIpc) is 2.70. The molecule has 1 aromatic carbocycles. The number of ether oxygens (including phenoxy) is 1. The fourth-order valence-corrected chi connectivity index (χ4v) is 3.58. The number of benzene rings is 1. The number of aryl methyl sites for hydroxylation is 2. The van der Waals surface area contributed by atoms with Gasteiger partial charge in [-0.15, -0.1) is 0 Å². The van der Waals surface area contributed by atoms with Crippen LogP contribution in [0.5, 0.6) is 5.75 Å². The van der Waals surface area contributed by atoms with Gasteiger partial charge in [0.15, 0.2) is 0 Å². The second-order valence-electron chi connectivity index (χ2n) is 7.26. The van der Waals surface area contributed by atoms with Gasteiger partial charge in [-0.1, -0.05) is 23.8 Å². The highest BCUT2D eigenvalue weighted by atomic mass is 16.5. The number of likely N-dealkylation sites (tertiary alicyclic amines) is 1. The predicted molar refractivity (Wildman–Crippen MR) is 107 cm³/mol. The van der Waals surface area contributed by atoms with E-state index in [1.54, 1.807) is 11.0 Å². The van der Waals surface area contributed by atoms with Crippen molar-refractivity contribution in [2.75, 3.05) is 13.1 Å². The zero-order valence-electron chi connectivity index (χ0n) is 16.1. The molecule has 0 radical (unpaired) electrons. The minimum atomic E-state index is -0.314. The summed E-state index contributed by atoms with van der Waals surface area (Å²) >= 11 is 0. The quantitative estimate of drug-likeness (QED) is 0.704. The Labute approximate surface area is 163 Å². The number of pyridine rings is 1. The maximum atomic E-state index is 12.9. The molecule has 1 amide bonds. The van der Waals surface area contributed by atoms with Crippen LogP contribution in [0.2, 0.25) is 0 Å². The summed E-state index contributed by atoms with van der Waals surface area (Å²) < 4.78 is 7.51. The van der Waals surface area contributed by atoms with Crippen molar-refractivity contribution in [2.45, 2.75) is 32.8 Å². The fourth-order valence-electron chi connectivity index (χ4n) is 3.58. The highest BCUT2D eigenvalue weighted by molar-refractivity contribution is 5.93. The van der Waals surface area contributed by atoms with Crippen LogP contribution in [0.1, 0.15) is 34.5 Å². The minimum Gasteiger partial charge on any atom is -0.490 e. The summed E-state index contributed by atoms with van der Waals surface area (Å²) in [5, 5.41) is 0. The van der Waals surface area contributed by atoms with Crippen molar-refractivity contribution >= 4 is 11.6 Å². The van der Waals surface area contributed by atoms with Gasteiger partial charge in [-0.05, 0) is 38.1 Å². The molecular weight excluding hydrogens is 354 g/mol. The molecule has 1 aliphatic heterocycles. The van der Waals surface area contributed by atoms with Crippen LogP contribution in [0.15, 0.2) is 53.5 Å². The highest BCUT2D eigenvalue weighted by Gasteiger charge is 2.27. The summed E-state index contributed by atoms with van der Waals surface area (Å²) in [5.41, 5.74) is 2.30. The van der Waals surface area contributed by atoms with Crippen molar-refractivity contribution in [3.63, 3.8) is 0 Å². The lowest BCUT2D eigenvalue weighted by Crippen LogP contribution is -2.43. The molecule has 0 N–H and O–H groups in total. The Kier molecular flexibility index (Phi) is 4.86. The molecule has 28 heavy (non-hydrogen) atoms. The zero-order chi connectivity index (χ0) is 19.7. The van der Waals surface area contributed by atoms with Gasteiger partial charge >= 0.3 is 0 Å². The number of nitrogens with zero attached hydrogens (tertiary/aromatic N) is 3. The maximum absolute atomic E-state index is 12.9. The zero-order valence-corrected chi connectivity index (χ0v) is 16.1. The Morgan fingerprint density at radius 3 is 2.50 bits per heavy atom. The molecular formula is C22H23N3O3. The molecule has 1 aliphatic rings. The highest BCUT2D eigenvalue weighted by Crippen LogP contribution is 2.20. The molecule has 0 atom stereocenters. The molecule has 0 aliphatic carbocycles. The summed E-state index contributed by atoms with van der Waals surface area (Å²) in [6, 6.07) is 13.4. The largest absolute Gasteiger partial charge is 0.490 e. The summed E-state index contributed by atoms with van der Waals surface area (Å²) in [5.74, 6) is 0.590. The van der Waals surface area contributed by atoms with Crippen molar-refractivity contribution in [3.8, 4) is 5.75 Å². The van der Waals surface area contributed by atoms with E-state index in [-0.39, 0.29) is 23.1 Å². The van der Waals surface area contributed by atoms with Crippen LogP contribution in [0, 0.1) is 13.8 Å². The molecule has 3 heterocycles. The van der Waals surface area contributed by atoms with Crippen LogP contribution >= 0.6 is 0 Å². The van der Waals surface area contributed by atoms with E-state index in [9.17, 15) is 9.59 Å². The van der Waals surface area contributed by atoms with Crippen LogP contribution in [-0.4, -0.2) is 39.4 Å². The third-order valence-corrected chi connectivity index (χ3v) is 5.21. The molecule has 6 nitrogen and oxygen atoms in total. The standard InChI is InChI=1S/C22H23N3O3/c1-15-6-8-17(9-7-15)28-18-10-12-24(13-11-18)21(26)19-14-23-20-5-3-4-16(2)25(20)22(19)27/h3-9,14,18H,10-13H2,1-2H3. The molecule has 144 valence electrons. The lowest BCUT2D eigenvalue weighted by Gasteiger charge is -2.32. The molecule has 6 heteroatoms. The van der Waals surface area contributed by atoms with E-state index >= 15 is 0 Å². The number of hydrogen-bond donors (Lipinski definition) is 0. The van der Waals surface area contributed by atoms with Crippen LogP contribution in [0.3, 0.4) is 0 Å². The molecule has 0 spiro atoms. The first-order chi connectivity index (χ1) is 13.5. The van der Waals surface area contributed by atoms with Gasteiger partial charge in [0.05, 0.1) is 0 Å². The molecule has 2 aromatic heterocycles. The summed E-state index contributed by atoms with van der Waals surface area (Å²) in [7, 11) is 0. The Bertz CT molecular complexity index is 1060. The van der Waals surface area contributed by atoms with Crippen molar-refractivity contribution in [1.29, 1.82) is 0 Å². The molecule has 1 fully saturated rings. The predicted octanol–water partition coefficient (Wildman–Crippen LogP) is 2.99. The topological polar surface area (TPSA) is 63.9 Å². The second-order valence-corrected chi connectivity index (χ2v) is 7.26. The van der Waals surface area contributed by atoms with Crippen molar-refractivity contribution in [2.24, 2.45) is 0 Å². The smallest absolute Gasteiger partial charge is 0.270 e. The Morgan fingerprint density at radius 2 is 1.79 bits per heavy atom. The third kappa shape index (κ3) is 3.50. The maximum Gasteiger partial charge on any atom is 0.270 e. The molecule has 0 saturated carbocycles. The Hall–Kier alpha value is -3.15. The second kappa shape index (κ2) is 7.46. The first-order valence-electron chi connectivity index (χ1n) is 9.53. The van der Waals surface area contributed by atoms with E-state index in [0.29, 0.717) is 18.7 Å². The Morgan fingerprint density at radius 1 is 1.07 bits per heavy atom. The average molecular weight is 377 g/mol. The van der Waals surface area contributed by atoms with Crippen LogP contribution in [-0.2, 0) is 0 Å². The molecule has 3 aromatic rings. The van der Waals surface area contributed by atoms with Gasteiger partial charge in [0, 0.05) is 37.8 Å². The lowest BCUT2D eigenvalue weighted by molar-refractivity contribution is 0.0593. The number of carbonyl (C=O) groups is 1. The molecule has 0 bridgehead atoms.